The molecule has 1 aromatic rings. The monoisotopic (exact) mass is 292 g/mol. The van der Waals surface area contributed by atoms with Crippen LogP contribution in [0.25, 0.3) is 0 Å². The van der Waals surface area contributed by atoms with E-state index >= 15 is 0 Å². The third kappa shape index (κ3) is 5.45. The van der Waals surface area contributed by atoms with E-state index in [4.69, 9.17) is 5.11 Å². The van der Waals surface area contributed by atoms with Gasteiger partial charge < -0.3 is 15.3 Å². The number of anilines is 1. The Balaban J connectivity index is 2.60. The van der Waals surface area contributed by atoms with Crippen LogP contribution in [0, 0.1) is 0 Å². The topological polar surface area (TPSA) is 69.6 Å². The molecule has 0 fully saturated rings. The van der Waals surface area contributed by atoms with Crippen LogP contribution in [-0.4, -0.2) is 36.1 Å². The van der Waals surface area contributed by atoms with Crippen molar-refractivity contribution in [3.8, 4) is 0 Å². The molecule has 0 aromatic heterocycles. The first-order valence-electron chi connectivity index (χ1n) is 7.35. The van der Waals surface area contributed by atoms with Gasteiger partial charge in [0.2, 0.25) is 0 Å². The Morgan fingerprint density at radius 2 is 1.76 bits per heavy atom. The van der Waals surface area contributed by atoms with Crippen LogP contribution in [0.4, 0.5) is 5.69 Å². The molecular weight excluding hydrogens is 268 g/mol. The summed E-state index contributed by atoms with van der Waals surface area (Å²) in [6, 6.07) is 7.31. The van der Waals surface area contributed by atoms with Crippen LogP contribution in [-0.2, 0) is 4.79 Å². The number of nitrogens with one attached hydrogen (secondary N) is 1. The number of carbonyl (C=O) groups excluding carboxylic acids is 1. The van der Waals surface area contributed by atoms with E-state index in [0.717, 1.165) is 18.8 Å². The molecule has 5 heteroatoms. The fourth-order valence-electron chi connectivity index (χ4n) is 2.13. The number of hydrogen-bond donors (Lipinski definition) is 2. The summed E-state index contributed by atoms with van der Waals surface area (Å²) in [6.07, 6.45) is 0.487. The van der Waals surface area contributed by atoms with Gasteiger partial charge in [0.15, 0.2) is 0 Å². The maximum Gasteiger partial charge on any atom is 0.303 e. The molecule has 1 unspecified atom stereocenters. The van der Waals surface area contributed by atoms with Crippen LogP contribution in [0.3, 0.4) is 0 Å². The van der Waals surface area contributed by atoms with E-state index in [2.05, 4.69) is 24.1 Å². The van der Waals surface area contributed by atoms with Crippen molar-refractivity contribution in [1.29, 1.82) is 0 Å². The van der Waals surface area contributed by atoms with Crippen LogP contribution >= 0.6 is 0 Å². The molecule has 0 radical (unpaired) electrons. The van der Waals surface area contributed by atoms with E-state index in [1.165, 1.54) is 0 Å². The highest BCUT2D eigenvalue weighted by Crippen LogP contribution is 2.15. The van der Waals surface area contributed by atoms with Crippen molar-refractivity contribution in [3.63, 3.8) is 0 Å². The first-order valence-corrected chi connectivity index (χ1v) is 7.35. The number of amides is 1. The molecule has 0 saturated heterocycles. The van der Waals surface area contributed by atoms with E-state index in [1.54, 1.807) is 12.1 Å². The molecule has 0 aliphatic rings. The lowest BCUT2D eigenvalue weighted by Gasteiger charge is -2.21. The molecule has 0 bridgehead atoms. The molecule has 0 spiro atoms. The Morgan fingerprint density at radius 1 is 1.19 bits per heavy atom. The Bertz CT molecular complexity index is 467. The van der Waals surface area contributed by atoms with E-state index in [-0.39, 0.29) is 18.4 Å². The molecule has 1 rings (SSSR count). The van der Waals surface area contributed by atoms with Gasteiger partial charge in [-0.3, -0.25) is 9.59 Å². The molecule has 0 aliphatic heterocycles. The average molecular weight is 292 g/mol. The first-order chi connectivity index (χ1) is 9.97. The third-order valence-electron chi connectivity index (χ3n) is 3.43. The lowest BCUT2D eigenvalue weighted by Crippen LogP contribution is -2.33. The van der Waals surface area contributed by atoms with Gasteiger partial charge in [-0.1, -0.05) is 0 Å². The molecule has 0 aliphatic carbocycles. The quantitative estimate of drug-likeness (QED) is 0.772. The van der Waals surface area contributed by atoms with Crippen molar-refractivity contribution in [2.45, 2.75) is 39.7 Å². The van der Waals surface area contributed by atoms with Crippen molar-refractivity contribution in [2.24, 2.45) is 0 Å². The summed E-state index contributed by atoms with van der Waals surface area (Å²) >= 11 is 0. The van der Waals surface area contributed by atoms with Gasteiger partial charge in [-0.2, -0.15) is 0 Å². The Labute approximate surface area is 126 Å². The van der Waals surface area contributed by atoms with Crippen LogP contribution in [0.2, 0.25) is 0 Å². The smallest absolute Gasteiger partial charge is 0.303 e. The van der Waals surface area contributed by atoms with Gasteiger partial charge in [0, 0.05) is 36.8 Å². The molecule has 0 heterocycles. The van der Waals surface area contributed by atoms with E-state index in [9.17, 15) is 9.59 Å². The zero-order valence-electron chi connectivity index (χ0n) is 12.9. The summed E-state index contributed by atoms with van der Waals surface area (Å²) < 4.78 is 0. The minimum Gasteiger partial charge on any atom is -0.481 e. The van der Waals surface area contributed by atoms with Crippen LogP contribution in [0.15, 0.2) is 24.3 Å². The van der Waals surface area contributed by atoms with E-state index < -0.39 is 5.97 Å². The predicted octanol–water partition coefficient (Wildman–Crippen LogP) is 2.52. The van der Waals surface area contributed by atoms with Crippen molar-refractivity contribution in [2.75, 3.05) is 18.0 Å². The summed E-state index contributed by atoms with van der Waals surface area (Å²) in [5.74, 6) is -1.02. The molecule has 116 valence electrons. The molecule has 2 N–H and O–H groups in total. The zero-order chi connectivity index (χ0) is 15.8. The maximum absolute atomic E-state index is 12.0. The zero-order valence-corrected chi connectivity index (χ0v) is 12.9. The second-order valence-electron chi connectivity index (χ2n) is 5.03. The number of hydrogen-bond acceptors (Lipinski definition) is 3. The SMILES string of the molecule is CCN(CC)c1ccc(C(=O)NC(C)CCC(=O)O)cc1. The van der Waals surface area contributed by atoms with Crippen LogP contribution in [0.1, 0.15) is 44.0 Å². The summed E-state index contributed by atoms with van der Waals surface area (Å²) in [5.41, 5.74) is 1.68. The highest BCUT2D eigenvalue weighted by Gasteiger charge is 2.11. The normalized spacial score (nSPS) is 11.8. The molecule has 5 nitrogen and oxygen atoms in total. The number of carboxylic acids is 1. The van der Waals surface area contributed by atoms with Gasteiger partial charge in [-0.15, -0.1) is 0 Å². The second kappa shape index (κ2) is 8.29. The van der Waals surface area contributed by atoms with Gasteiger partial charge in [0.05, 0.1) is 0 Å². The number of nitrogens with zero attached hydrogens (tertiary/aromatic N) is 1. The van der Waals surface area contributed by atoms with Crippen molar-refractivity contribution in [3.05, 3.63) is 29.8 Å². The lowest BCUT2D eigenvalue weighted by atomic mass is 10.1. The number of rotatable bonds is 8. The Morgan fingerprint density at radius 3 is 2.24 bits per heavy atom. The molecule has 1 atom stereocenters. The maximum atomic E-state index is 12.0. The van der Waals surface area contributed by atoms with Crippen molar-refractivity contribution in [1.82, 2.24) is 5.32 Å². The second-order valence-corrected chi connectivity index (χ2v) is 5.03. The van der Waals surface area contributed by atoms with Crippen LogP contribution in [0.5, 0.6) is 0 Å². The van der Waals surface area contributed by atoms with Gasteiger partial charge >= 0.3 is 5.97 Å². The lowest BCUT2D eigenvalue weighted by molar-refractivity contribution is -0.137. The molecule has 21 heavy (non-hydrogen) atoms. The number of carbonyl (C=O) groups is 2. The van der Waals surface area contributed by atoms with E-state index in [0.29, 0.717) is 12.0 Å². The fourth-order valence-corrected chi connectivity index (χ4v) is 2.13. The molecule has 0 saturated carbocycles. The molecular formula is C16H24N2O3. The van der Waals surface area contributed by atoms with Crippen molar-refractivity contribution >= 4 is 17.6 Å². The predicted molar refractivity (Wildman–Crippen MR) is 83.8 cm³/mol. The minimum absolute atomic E-state index is 0.0579. The highest BCUT2D eigenvalue weighted by molar-refractivity contribution is 5.94. The summed E-state index contributed by atoms with van der Waals surface area (Å²) in [4.78, 5) is 24.8. The fraction of sp³-hybridized carbons (Fsp3) is 0.500. The minimum atomic E-state index is -0.848. The van der Waals surface area contributed by atoms with E-state index in [1.807, 2.05) is 19.1 Å². The highest BCUT2D eigenvalue weighted by atomic mass is 16.4. The van der Waals surface area contributed by atoms with Gasteiger partial charge in [0.25, 0.3) is 5.91 Å². The Hall–Kier alpha value is -2.04. The standard InChI is InChI=1S/C16H24N2O3/c1-4-18(5-2)14-9-7-13(8-10-14)16(21)17-12(3)6-11-15(19)20/h7-10,12H,4-6,11H2,1-3H3,(H,17,21)(H,19,20). The molecule has 1 amide bonds. The van der Waals surface area contributed by atoms with Gasteiger partial charge in [-0.05, 0) is 51.5 Å². The first kappa shape index (κ1) is 17.0. The average Bonchev–Trinajstić information content (AvgIpc) is 2.47. The summed E-state index contributed by atoms with van der Waals surface area (Å²) in [6.45, 7) is 7.84. The van der Waals surface area contributed by atoms with Crippen LogP contribution < -0.4 is 10.2 Å². The number of carboxylic acid groups (broad SMARTS) is 1. The number of benzene rings is 1. The number of aliphatic carboxylic acids is 1. The van der Waals surface area contributed by atoms with Gasteiger partial charge in [-0.25, -0.2) is 0 Å². The van der Waals surface area contributed by atoms with Crippen molar-refractivity contribution < 1.29 is 14.7 Å². The Kier molecular flexibility index (Phi) is 6.72. The summed E-state index contributed by atoms with van der Waals surface area (Å²) in [7, 11) is 0. The third-order valence-corrected chi connectivity index (χ3v) is 3.43. The largest absolute Gasteiger partial charge is 0.481 e. The summed E-state index contributed by atoms with van der Waals surface area (Å²) in [5, 5.41) is 11.4. The van der Waals surface area contributed by atoms with Gasteiger partial charge in [0.1, 0.15) is 0 Å². The molecule has 1 aromatic carbocycles.